The summed E-state index contributed by atoms with van der Waals surface area (Å²) in [6.45, 7) is 2.38. The molecule has 7 heteroatoms. The number of carbonyl (C=O) groups is 1. The Morgan fingerprint density at radius 3 is 2.80 bits per heavy atom. The maximum atomic E-state index is 11.7. The largest absolute Gasteiger partial charge is 0.504 e. The molecular weight excluding hydrogens is 320 g/mol. The van der Waals surface area contributed by atoms with Crippen molar-refractivity contribution in [1.82, 2.24) is 15.3 Å². The molecule has 1 aromatic carbocycles. The lowest BCUT2D eigenvalue weighted by Crippen LogP contribution is -2.28. The third-order valence-corrected chi connectivity index (χ3v) is 3.68. The SMILES string of the molecule is CCNC(=O)Nc1ccnc2cc(-c3ccc(O)c(OC)c3)cnc12. The van der Waals surface area contributed by atoms with Crippen molar-refractivity contribution in [2.24, 2.45) is 0 Å². The number of nitrogens with zero attached hydrogens (tertiary/aromatic N) is 2. The summed E-state index contributed by atoms with van der Waals surface area (Å²) in [5.41, 5.74) is 3.51. The van der Waals surface area contributed by atoms with Gasteiger partial charge in [-0.3, -0.25) is 9.97 Å². The molecule has 25 heavy (non-hydrogen) atoms. The molecule has 0 spiro atoms. The average Bonchev–Trinajstić information content (AvgIpc) is 2.62. The molecule has 0 radical (unpaired) electrons. The summed E-state index contributed by atoms with van der Waals surface area (Å²) in [6, 6.07) is 8.36. The van der Waals surface area contributed by atoms with Gasteiger partial charge in [-0.25, -0.2) is 4.79 Å². The first-order chi connectivity index (χ1) is 12.1. The van der Waals surface area contributed by atoms with Crippen LogP contribution in [-0.2, 0) is 0 Å². The molecule has 0 aliphatic heterocycles. The van der Waals surface area contributed by atoms with E-state index in [1.807, 2.05) is 13.0 Å². The number of fused-ring (bicyclic) bond motifs is 1. The first-order valence-electron chi connectivity index (χ1n) is 7.79. The summed E-state index contributed by atoms with van der Waals surface area (Å²) in [4.78, 5) is 20.5. The first kappa shape index (κ1) is 16.5. The normalized spacial score (nSPS) is 10.5. The molecule has 0 saturated heterocycles. The van der Waals surface area contributed by atoms with Gasteiger partial charge < -0.3 is 20.5 Å². The van der Waals surface area contributed by atoms with Crippen LogP contribution in [0.1, 0.15) is 6.92 Å². The van der Waals surface area contributed by atoms with Crippen molar-refractivity contribution in [3.63, 3.8) is 0 Å². The Morgan fingerprint density at radius 2 is 2.04 bits per heavy atom. The molecule has 0 saturated carbocycles. The fourth-order valence-corrected chi connectivity index (χ4v) is 2.47. The zero-order valence-corrected chi connectivity index (χ0v) is 13.9. The highest BCUT2D eigenvalue weighted by Gasteiger charge is 2.10. The molecule has 3 aromatic rings. The fourth-order valence-electron chi connectivity index (χ4n) is 2.47. The second kappa shape index (κ2) is 7.04. The molecule has 2 heterocycles. The summed E-state index contributed by atoms with van der Waals surface area (Å²) in [7, 11) is 1.50. The standard InChI is InChI=1S/C18H18N4O3/c1-3-19-18(24)22-13-6-7-20-14-8-12(10-21-17(13)14)11-4-5-15(23)16(9-11)25-2/h4-10,23H,3H2,1-2H3,(H2,19,20,22,24). The predicted molar refractivity (Wildman–Crippen MR) is 95.9 cm³/mol. The highest BCUT2D eigenvalue weighted by molar-refractivity contribution is 5.99. The van der Waals surface area contributed by atoms with Gasteiger partial charge in [0.25, 0.3) is 0 Å². The third-order valence-electron chi connectivity index (χ3n) is 3.68. The van der Waals surface area contributed by atoms with Crippen LogP contribution in [-0.4, -0.2) is 34.8 Å². The van der Waals surface area contributed by atoms with Crippen molar-refractivity contribution >= 4 is 22.8 Å². The number of methoxy groups -OCH3 is 1. The third kappa shape index (κ3) is 3.45. The van der Waals surface area contributed by atoms with E-state index in [0.29, 0.717) is 29.0 Å². The minimum Gasteiger partial charge on any atom is -0.504 e. The zero-order chi connectivity index (χ0) is 17.8. The van der Waals surface area contributed by atoms with E-state index in [-0.39, 0.29) is 11.8 Å². The van der Waals surface area contributed by atoms with Gasteiger partial charge in [-0.1, -0.05) is 6.07 Å². The van der Waals surface area contributed by atoms with Gasteiger partial charge in [0.15, 0.2) is 11.5 Å². The van der Waals surface area contributed by atoms with E-state index in [4.69, 9.17) is 4.74 Å². The molecule has 0 fully saturated rings. The van der Waals surface area contributed by atoms with E-state index in [1.54, 1.807) is 36.7 Å². The van der Waals surface area contributed by atoms with Gasteiger partial charge in [0, 0.05) is 24.5 Å². The Morgan fingerprint density at radius 1 is 1.20 bits per heavy atom. The molecule has 2 aromatic heterocycles. The van der Waals surface area contributed by atoms with E-state index >= 15 is 0 Å². The molecule has 3 rings (SSSR count). The highest BCUT2D eigenvalue weighted by Crippen LogP contribution is 2.32. The van der Waals surface area contributed by atoms with Gasteiger partial charge in [-0.15, -0.1) is 0 Å². The number of ether oxygens (including phenoxy) is 1. The monoisotopic (exact) mass is 338 g/mol. The Hall–Kier alpha value is -3.35. The number of phenols is 1. The van der Waals surface area contributed by atoms with Gasteiger partial charge in [-0.05, 0) is 36.8 Å². The number of hydrogen-bond donors (Lipinski definition) is 3. The number of rotatable bonds is 4. The second-order valence-electron chi connectivity index (χ2n) is 5.32. The number of urea groups is 1. The number of pyridine rings is 2. The van der Waals surface area contributed by atoms with Gasteiger partial charge in [0.05, 0.1) is 18.3 Å². The van der Waals surface area contributed by atoms with E-state index < -0.39 is 0 Å². The zero-order valence-electron chi connectivity index (χ0n) is 13.9. The van der Waals surface area contributed by atoms with Crippen molar-refractivity contribution < 1.29 is 14.6 Å². The maximum absolute atomic E-state index is 11.7. The molecule has 7 nitrogen and oxygen atoms in total. The van der Waals surface area contributed by atoms with Crippen molar-refractivity contribution in [2.45, 2.75) is 6.92 Å². The Kier molecular flexibility index (Phi) is 4.65. The molecule has 0 unspecified atom stereocenters. The van der Waals surface area contributed by atoms with Crippen molar-refractivity contribution in [3.8, 4) is 22.6 Å². The van der Waals surface area contributed by atoms with Crippen LogP contribution < -0.4 is 15.4 Å². The molecule has 0 aliphatic carbocycles. The van der Waals surface area contributed by atoms with E-state index in [9.17, 15) is 9.90 Å². The van der Waals surface area contributed by atoms with Crippen LogP contribution in [0.3, 0.4) is 0 Å². The molecular formula is C18H18N4O3. The number of hydrogen-bond acceptors (Lipinski definition) is 5. The number of amides is 2. The van der Waals surface area contributed by atoms with Crippen LogP contribution in [0.5, 0.6) is 11.5 Å². The Bertz CT molecular complexity index is 927. The summed E-state index contributed by atoms with van der Waals surface area (Å²) in [6.07, 6.45) is 3.31. The number of carbonyl (C=O) groups excluding carboxylic acids is 1. The number of aromatic nitrogens is 2. The van der Waals surface area contributed by atoms with Gasteiger partial charge in [0.2, 0.25) is 0 Å². The summed E-state index contributed by atoms with van der Waals surface area (Å²) in [5, 5.41) is 15.2. The molecule has 128 valence electrons. The predicted octanol–water partition coefficient (Wildman–Crippen LogP) is 3.15. The number of anilines is 1. The van der Waals surface area contributed by atoms with Crippen molar-refractivity contribution in [3.05, 3.63) is 42.7 Å². The van der Waals surface area contributed by atoms with Crippen molar-refractivity contribution in [2.75, 3.05) is 19.0 Å². The lowest BCUT2D eigenvalue weighted by atomic mass is 10.1. The van der Waals surface area contributed by atoms with Gasteiger partial charge in [0.1, 0.15) is 5.52 Å². The van der Waals surface area contributed by atoms with Crippen LogP contribution >= 0.6 is 0 Å². The summed E-state index contributed by atoms with van der Waals surface area (Å²) < 4.78 is 5.14. The fraction of sp³-hybridized carbons (Fsp3) is 0.167. The molecule has 0 bridgehead atoms. The van der Waals surface area contributed by atoms with Crippen LogP contribution in [0.2, 0.25) is 0 Å². The van der Waals surface area contributed by atoms with Crippen LogP contribution in [0.4, 0.5) is 10.5 Å². The number of nitrogens with one attached hydrogen (secondary N) is 2. The summed E-state index contributed by atoms with van der Waals surface area (Å²) in [5.74, 6) is 0.462. The maximum Gasteiger partial charge on any atom is 0.319 e. The Balaban J connectivity index is 1.99. The van der Waals surface area contributed by atoms with E-state index in [2.05, 4.69) is 20.6 Å². The quantitative estimate of drug-likeness (QED) is 0.679. The molecule has 3 N–H and O–H groups in total. The van der Waals surface area contributed by atoms with E-state index in [1.165, 1.54) is 7.11 Å². The highest BCUT2D eigenvalue weighted by atomic mass is 16.5. The van der Waals surface area contributed by atoms with Crippen LogP contribution in [0, 0.1) is 0 Å². The minimum absolute atomic E-state index is 0.0755. The average molecular weight is 338 g/mol. The van der Waals surface area contributed by atoms with Crippen LogP contribution in [0.15, 0.2) is 42.7 Å². The number of aromatic hydroxyl groups is 1. The number of phenolic OH excluding ortho intramolecular Hbond substituents is 1. The van der Waals surface area contributed by atoms with Crippen LogP contribution in [0.25, 0.3) is 22.2 Å². The first-order valence-corrected chi connectivity index (χ1v) is 7.79. The Labute approximate surface area is 144 Å². The summed E-state index contributed by atoms with van der Waals surface area (Å²) >= 11 is 0. The lowest BCUT2D eigenvalue weighted by molar-refractivity contribution is 0.252. The van der Waals surface area contributed by atoms with Gasteiger partial charge in [-0.2, -0.15) is 0 Å². The van der Waals surface area contributed by atoms with Gasteiger partial charge >= 0.3 is 6.03 Å². The molecule has 0 atom stereocenters. The number of benzene rings is 1. The minimum atomic E-state index is -0.288. The van der Waals surface area contributed by atoms with E-state index in [0.717, 1.165) is 11.1 Å². The molecule has 0 aliphatic rings. The molecule has 2 amide bonds. The topological polar surface area (TPSA) is 96.4 Å². The second-order valence-corrected chi connectivity index (χ2v) is 5.32. The van der Waals surface area contributed by atoms with Crippen molar-refractivity contribution in [1.29, 1.82) is 0 Å². The smallest absolute Gasteiger partial charge is 0.319 e. The lowest BCUT2D eigenvalue weighted by Gasteiger charge is -2.10.